The number of benzene rings is 2. The first-order valence-electron chi connectivity index (χ1n) is 17.1. The Bertz CT molecular complexity index is 1590. The summed E-state index contributed by atoms with van der Waals surface area (Å²) in [7, 11) is 0. The fourth-order valence-corrected chi connectivity index (χ4v) is 6.09. The van der Waals surface area contributed by atoms with Gasteiger partial charge in [0, 0.05) is 6.08 Å². The number of phenolic OH excluding ortho intramolecular Hbond substituents is 3. The number of aliphatic hydroxyl groups excluding tert-OH is 8. The summed E-state index contributed by atoms with van der Waals surface area (Å²) in [5, 5.41) is 113. The van der Waals surface area contributed by atoms with Crippen LogP contribution in [-0.2, 0) is 39.6 Å². The summed E-state index contributed by atoms with van der Waals surface area (Å²) in [6.07, 6.45) is -20.0. The van der Waals surface area contributed by atoms with Crippen molar-refractivity contribution in [2.75, 3.05) is 13.2 Å². The quantitative estimate of drug-likeness (QED) is 0.0603. The summed E-state index contributed by atoms with van der Waals surface area (Å²) < 4.78 is 39.4. The first-order chi connectivity index (χ1) is 25.6. The Morgan fingerprint density at radius 2 is 1.35 bits per heavy atom. The molecule has 15 atom stereocenters. The monoisotopic (exact) mass is 770 g/mol. The fraction of sp³-hybridized carbons (Fsp3) is 0.571. The van der Waals surface area contributed by atoms with E-state index in [1.54, 1.807) is 6.07 Å². The van der Waals surface area contributed by atoms with Crippen molar-refractivity contribution in [3.8, 4) is 23.0 Å². The lowest BCUT2D eigenvalue weighted by molar-refractivity contribution is -0.357. The molecule has 0 spiro atoms. The van der Waals surface area contributed by atoms with Crippen LogP contribution in [0.4, 0.5) is 0 Å². The zero-order valence-electron chi connectivity index (χ0n) is 29.1. The molecule has 3 heterocycles. The fourth-order valence-electron chi connectivity index (χ4n) is 6.09. The molecule has 3 aliphatic rings. The molecule has 0 amide bonds. The highest BCUT2D eigenvalue weighted by molar-refractivity contribution is 5.87. The summed E-state index contributed by atoms with van der Waals surface area (Å²) in [5.74, 6) is -2.27. The van der Waals surface area contributed by atoms with E-state index in [1.165, 1.54) is 50.3 Å². The lowest BCUT2D eigenvalue weighted by Gasteiger charge is -2.46. The third kappa shape index (κ3) is 9.40. The summed E-state index contributed by atoms with van der Waals surface area (Å²) in [4.78, 5) is 12.9. The van der Waals surface area contributed by atoms with Gasteiger partial charge in [-0.1, -0.05) is 12.1 Å². The second-order valence-electron chi connectivity index (χ2n) is 13.2. The van der Waals surface area contributed by atoms with Crippen LogP contribution in [0.1, 0.15) is 25.0 Å². The second-order valence-corrected chi connectivity index (χ2v) is 13.2. The van der Waals surface area contributed by atoms with E-state index in [0.717, 1.165) is 6.08 Å². The summed E-state index contributed by atoms with van der Waals surface area (Å²) in [6.45, 7) is 1.94. The van der Waals surface area contributed by atoms with Gasteiger partial charge in [0.25, 0.3) is 0 Å². The smallest absolute Gasteiger partial charge is 0.331 e. The molecule has 5 rings (SSSR count). The van der Waals surface area contributed by atoms with Crippen LogP contribution in [0.3, 0.4) is 0 Å². The average molecular weight is 771 g/mol. The van der Waals surface area contributed by atoms with E-state index in [9.17, 15) is 61.0 Å². The van der Waals surface area contributed by atoms with E-state index in [-0.39, 0.29) is 30.3 Å². The van der Waals surface area contributed by atoms with Gasteiger partial charge >= 0.3 is 5.97 Å². The number of hydrogen-bond donors (Lipinski definition) is 11. The van der Waals surface area contributed by atoms with Gasteiger partial charge < -0.3 is 89.3 Å². The molecule has 0 radical (unpaired) electrons. The van der Waals surface area contributed by atoms with Crippen LogP contribution < -0.4 is 4.74 Å². The number of aromatic hydroxyl groups is 3. The van der Waals surface area contributed by atoms with E-state index < -0.39 is 110 Å². The highest BCUT2D eigenvalue weighted by Crippen LogP contribution is 2.34. The third-order valence-corrected chi connectivity index (χ3v) is 9.31. The van der Waals surface area contributed by atoms with E-state index in [1.807, 2.05) is 0 Å². The number of esters is 1. The van der Waals surface area contributed by atoms with Gasteiger partial charge in [0.05, 0.1) is 25.4 Å². The Morgan fingerprint density at radius 3 is 1.98 bits per heavy atom. The van der Waals surface area contributed by atoms with Gasteiger partial charge in [-0.05, 0) is 61.7 Å². The molecular weight excluding hydrogens is 724 g/mol. The molecule has 54 heavy (non-hydrogen) atoms. The molecule has 0 aromatic heterocycles. The number of aliphatic hydroxyl groups is 8. The molecule has 19 nitrogen and oxygen atoms in total. The van der Waals surface area contributed by atoms with Crippen LogP contribution in [0.25, 0.3) is 6.08 Å². The van der Waals surface area contributed by atoms with Gasteiger partial charge in [-0.3, -0.25) is 0 Å². The van der Waals surface area contributed by atoms with Crippen LogP contribution in [0.2, 0.25) is 0 Å². The topological polar surface area (TPSA) is 304 Å². The van der Waals surface area contributed by atoms with Gasteiger partial charge in [0.1, 0.15) is 54.9 Å². The molecule has 0 aliphatic carbocycles. The van der Waals surface area contributed by atoms with Crippen LogP contribution in [0.15, 0.2) is 42.5 Å². The highest BCUT2D eigenvalue weighted by Gasteiger charge is 2.52. The van der Waals surface area contributed by atoms with Crippen LogP contribution in [-0.4, -0.2) is 167 Å². The molecule has 0 saturated carbocycles. The number of phenols is 3. The SMILES string of the molecule is CC1OC(Oc2ccc(CCOC3OC(CO)C(OC(=O)C=Cc4ccc(O)c(O)c4)C(OC4OC(C)C(O)C(O)C4O)C3O)cc2O)C(O)C(O)C1O. The van der Waals surface area contributed by atoms with Crippen molar-refractivity contribution in [2.45, 2.75) is 112 Å². The Morgan fingerprint density at radius 1 is 0.704 bits per heavy atom. The normalized spacial score (nSPS) is 37.3. The summed E-state index contributed by atoms with van der Waals surface area (Å²) in [5.41, 5.74) is 0.816. The number of carbonyl (C=O) groups is 1. The lowest BCUT2D eigenvalue weighted by atomic mass is 9.97. The maximum absolute atomic E-state index is 12.9. The zero-order chi connectivity index (χ0) is 39.4. The van der Waals surface area contributed by atoms with Crippen molar-refractivity contribution in [1.29, 1.82) is 0 Å². The number of rotatable bonds is 12. The minimum atomic E-state index is -1.82. The Labute approximate surface area is 308 Å². The third-order valence-electron chi connectivity index (χ3n) is 9.31. The Balaban J connectivity index is 1.27. The van der Waals surface area contributed by atoms with Crippen molar-refractivity contribution >= 4 is 12.0 Å². The molecule has 3 fully saturated rings. The van der Waals surface area contributed by atoms with E-state index >= 15 is 0 Å². The molecule has 11 N–H and O–H groups in total. The van der Waals surface area contributed by atoms with Crippen LogP contribution in [0, 0.1) is 0 Å². The Hall–Kier alpha value is -3.67. The van der Waals surface area contributed by atoms with Crippen LogP contribution in [0.5, 0.6) is 23.0 Å². The van der Waals surface area contributed by atoms with Crippen LogP contribution >= 0.6 is 0 Å². The molecule has 300 valence electrons. The Kier molecular flexibility index (Phi) is 13.7. The predicted molar refractivity (Wildman–Crippen MR) is 178 cm³/mol. The second kappa shape index (κ2) is 17.9. The summed E-state index contributed by atoms with van der Waals surface area (Å²) in [6, 6.07) is 8.04. The van der Waals surface area contributed by atoms with Crippen molar-refractivity contribution in [2.24, 2.45) is 0 Å². The van der Waals surface area contributed by atoms with Gasteiger partial charge in [-0.25, -0.2) is 4.79 Å². The molecular formula is C35H46O19. The van der Waals surface area contributed by atoms with Crippen molar-refractivity contribution in [3.05, 3.63) is 53.6 Å². The number of carbonyl (C=O) groups excluding carboxylic acids is 1. The number of ether oxygens (including phenoxy) is 7. The van der Waals surface area contributed by atoms with E-state index in [4.69, 9.17) is 33.2 Å². The number of hydrogen-bond acceptors (Lipinski definition) is 19. The molecule has 2 aromatic rings. The first kappa shape index (κ1) is 41.5. The first-order valence-corrected chi connectivity index (χ1v) is 17.1. The van der Waals surface area contributed by atoms with Gasteiger partial charge in [-0.2, -0.15) is 0 Å². The maximum atomic E-state index is 12.9. The standard InChI is InChI=1S/C35H46O19/c1-14-24(41)26(43)28(45)34(49-14)51-21-7-4-17(12-20(21)39)9-10-48-33-30(47)32(54-35-29(46)27(44)25(42)15(2)50-35)31(22(13-36)52-33)53-23(40)8-5-16-3-6-18(37)19(38)11-16/h3-8,11-12,14-15,22,24-39,41-47H,9-10,13H2,1-2H3. The van der Waals surface area contributed by atoms with E-state index in [0.29, 0.717) is 11.1 Å². The highest BCUT2D eigenvalue weighted by atomic mass is 16.7. The molecule has 3 aliphatic heterocycles. The molecule has 3 saturated heterocycles. The minimum absolute atomic E-state index is 0.0907. The average Bonchev–Trinajstić information content (AvgIpc) is 3.14. The van der Waals surface area contributed by atoms with Crippen molar-refractivity contribution < 1.29 is 94.1 Å². The zero-order valence-corrected chi connectivity index (χ0v) is 29.1. The van der Waals surface area contributed by atoms with Crippen molar-refractivity contribution in [1.82, 2.24) is 0 Å². The summed E-state index contributed by atoms with van der Waals surface area (Å²) >= 11 is 0. The molecule has 15 unspecified atom stereocenters. The molecule has 2 aromatic carbocycles. The van der Waals surface area contributed by atoms with Crippen molar-refractivity contribution in [3.63, 3.8) is 0 Å². The molecule has 19 heteroatoms. The van der Waals surface area contributed by atoms with Gasteiger partial charge in [0.15, 0.2) is 41.7 Å². The van der Waals surface area contributed by atoms with Gasteiger partial charge in [0.2, 0.25) is 6.29 Å². The molecule has 0 bridgehead atoms. The predicted octanol–water partition coefficient (Wildman–Crippen LogP) is -2.52. The lowest BCUT2D eigenvalue weighted by Crippen LogP contribution is -2.65. The largest absolute Gasteiger partial charge is 0.504 e. The minimum Gasteiger partial charge on any atom is -0.504 e. The maximum Gasteiger partial charge on any atom is 0.331 e. The van der Waals surface area contributed by atoms with E-state index in [2.05, 4.69) is 0 Å². The van der Waals surface area contributed by atoms with Gasteiger partial charge in [-0.15, -0.1) is 0 Å².